The maximum absolute atomic E-state index is 14.2. The number of aryl methyl sites for hydroxylation is 1. The molecule has 3 rings (SSSR count). The molecule has 0 saturated heterocycles. The summed E-state index contributed by atoms with van der Waals surface area (Å²) in [4.78, 5) is 7.57. The molecule has 30 heavy (non-hydrogen) atoms. The van der Waals surface area contributed by atoms with Gasteiger partial charge in [-0.2, -0.15) is 18.7 Å². The zero-order valence-corrected chi connectivity index (χ0v) is 16.4. The minimum Gasteiger partial charge on any atom is -0.479 e. The number of imidazole rings is 1. The molecule has 0 aliphatic heterocycles. The van der Waals surface area contributed by atoms with Crippen LogP contribution in [0.25, 0.3) is 5.65 Å². The summed E-state index contributed by atoms with van der Waals surface area (Å²) in [5.74, 6) is -2.33. The van der Waals surface area contributed by atoms with Crippen LogP contribution in [0.4, 0.5) is 18.9 Å². The van der Waals surface area contributed by atoms with Crippen molar-refractivity contribution in [2.24, 2.45) is 0 Å². The van der Waals surface area contributed by atoms with Crippen LogP contribution in [0, 0.1) is 24.1 Å². The van der Waals surface area contributed by atoms with Gasteiger partial charge in [-0.15, -0.1) is 0 Å². The van der Waals surface area contributed by atoms with Gasteiger partial charge >= 0.3 is 0 Å². The summed E-state index contributed by atoms with van der Waals surface area (Å²) in [6.45, 7) is 0.581. The molecule has 3 heterocycles. The van der Waals surface area contributed by atoms with E-state index in [1.54, 1.807) is 13.0 Å². The highest BCUT2D eigenvalue weighted by Gasteiger charge is 2.25. The number of hydrogen-bond donors (Lipinski definition) is 1. The van der Waals surface area contributed by atoms with Crippen LogP contribution in [0.15, 0.2) is 29.6 Å². The van der Waals surface area contributed by atoms with Crippen molar-refractivity contribution < 1.29 is 31.1 Å². The third-order valence-electron chi connectivity index (χ3n) is 3.93. The topological polar surface area (TPSA) is 119 Å². The molecule has 0 amide bonds. The first-order valence-corrected chi connectivity index (χ1v) is 9.71. The van der Waals surface area contributed by atoms with Gasteiger partial charge in [0.1, 0.15) is 11.8 Å². The van der Waals surface area contributed by atoms with Crippen LogP contribution in [0.2, 0.25) is 0 Å². The Labute approximate surface area is 168 Å². The summed E-state index contributed by atoms with van der Waals surface area (Å²) in [5.41, 5.74) is 0.552. The van der Waals surface area contributed by atoms with Crippen molar-refractivity contribution in [1.82, 2.24) is 14.4 Å². The van der Waals surface area contributed by atoms with Crippen LogP contribution >= 0.6 is 0 Å². The highest BCUT2D eigenvalue weighted by molar-refractivity contribution is 7.92. The van der Waals surface area contributed by atoms with E-state index in [1.807, 2.05) is 6.07 Å². The van der Waals surface area contributed by atoms with E-state index < -0.39 is 40.6 Å². The molecule has 158 valence electrons. The van der Waals surface area contributed by atoms with E-state index in [2.05, 4.69) is 19.4 Å². The zero-order valence-electron chi connectivity index (χ0n) is 15.6. The third kappa shape index (κ3) is 3.94. The second-order valence-electron chi connectivity index (χ2n) is 5.92. The molecule has 13 heteroatoms. The summed E-state index contributed by atoms with van der Waals surface area (Å²) < 4.78 is 77.2. The molecule has 0 aromatic carbocycles. The van der Waals surface area contributed by atoms with E-state index in [0.717, 1.165) is 13.3 Å². The van der Waals surface area contributed by atoms with Crippen molar-refractivity contribution in [3.63, 3.8) is 0 Å². The number of pyridine rings is 2. The second kappa shape index (κ2) is 8.07. The highest BCUT2D eigenvalue weighted by atomic mass is 32.2. The molecule has 0 fully saturated rings. The Morgan fingerprint density at radius 1 is 1.37 bits per heavy atom. The van der Waals surface area contributed by atoms with Crippen LogP contribution in [-0.4, -0.2) is 42.9 Å². The van der Waals surface area contributed by atoms with Gasteiger partial charge < -0.3 is 9.47 Å². The number of fused-ring (bicyclic) bond motifs is 1. The van der Waals surface area contributed by atoms with Crippen molar-refractivity contribution >= 4 is 21.4 Å². The fourth-order valence-electron chi connectivity index (χ4n) is 2.58. The predicted molar refractivity (Wildman–Crippen MR) is 97.7 cm³/mol. The van der Waals surface area contributed by atoms with Crippen LogP contribution in [0.1, 0.15) is 11.1 Å². The average Bonchev–Trinajstić information content (AvgIpc) is 3.12. The second-order valence-corrected chi connectivity index (χ2v) is 7.54. The van der Waals surface area contributed by atoms with Crippen LogP contribution in [0.5, 0.6) is 11.8 Å². The smallest absolute Gasteiger partial charge is 0.279 e. The molecule has 0 spiro atoms. The van der Waals surface area contributed by atoms with Gasteiger partial charge in [0.2, 0.25) is 5.88 Å². The van der Waals surface area contributed by atoms with Crippen molar-refractivity contribution in [2.45, 2.75) is 18.4 Å². The molecular formula is C17H14F3N5O4S. The summed E-state index contributed by atoms with van der Waals surface area (Å²) >= 11 is 0. The van der Waals surface area contributed by atoms with Gasteiger partial charge in [-0.3, -0.25) is 9.12 Å². The van der Waals surface area contributed by atoms with E-state index in [1.165, 1.54) is 10.6 Å². The number of alkyl halides is 2. The van der Waals surface area contributed by atoms with Crippen molar-refractivity contribution in [3.8, 4) is 17.8 Å². The zero-order chi connectivity index (χ0) is 22.1. The van der Waals surface area contributed by atoms with Gasteiger partial charge in [-0.1, -0.05) is 0 Å². The molecule has 0 unspecified atom stereocenters. The number of nitrogens with zero attached hydrogens (tertiary/aromatic N) is 4. The number of hydrogen-bond acceptors (Lipinski definition) is 7. The monoisotopic (exact) mass is 441 g/mol. The fourth-order valence-corrected chi connectivity index (χ4v) is 3.72. The Balaban J connectivity index is 2.01. The van der Waals surface area contributed by atoms with E-state index in [4.69, 9.17) is 4.74 Å². The number of nitrogens with one attached hydrogen (secondary N) is 1. The quantitative estimate of drug-likeness (QED) is 0.598. The maximum Gasteiger partial charge on any atom is 0.279 e. The number of sulfonamides is 1. The molecule has 1 N–H and O–H groups in total. The Morgan fingerprint density at radius 2 is 2.10 bits per heavy atom. The number of aromatic nitrogens is 3. The van der Waals surface area contributed by atoms with Crippen molar-refractivity contribution in [2.75, 3.05) is 18.4 Å². The predicted octanol–water partition coefficient (Wildman–Crippen LogP) is 2.50. The minimum atomic E-state index is -4.33. The molecule has 9 nitrogen and oxygen atoms in total. The van der Waals surface area contributed by atoms with Crippen LogP contribution in [0.3, 0.4) is 0 Å². The molecular weight excluding hydrogens is 427 g/mol. The summed E-state index contributed by atoms with van der Waals surface area (Å²) in [5, 5.41) is 8.95. The van der Waals surface area contributed by atoms with E-state index in [9.17, 15) is 26.9 Å². The van der Waals surface area contributed by atoms with Gasteiger partial charge in [0.25, 0.3) is 22.3 Å². The summed E-state index contributed by atoms with van der Waals surface area (Å²) in [7, 11) is -3.20. The van der Waals surface area contributed by atoms with Gasteiger partial charge in [0.05, 0.1) is 18.9 Å². The van der Waals surface area contributed by atoms with Crippen molar-refractivity contribution in [3.05, 3.63) is 41.5 Å². The molecule has 0 aliphatic rings. The number of anilines is 1. The molecule has 0 radical (unpaired) electrons. The fraction of sp³-hybridized carbons (Fsp3) is 0.235. The van der Waals surface area contributed by atoms with Crippen molar-refractivity contribution in [1.29, 1.82) is 5.26 Å². The van der Waals surface area contributed by atoms with Gasteiger partial charge in [-0.25, -0.2) is 18.2 Å². The van der Waals surface area contributed by atoms with Gasteiger partial charge in [0.15, 0.2) is 23.1 Å². The number of nitriles is 1. The third-order valence-corrected chi connectivity index (χ3v) is 5.28. The average molecular weight is 441 g/mol. The lowest BCUT2D eigenvalue weighted by Gasteiger charge is -2.13. The highest BCUT2D eigenvalue weighted by Crippen LogP contribution is 2.30. The first-order valence-electron chi connectivity index (χ1n) is 8.23. The minimum absolute atomic E-state index is 0.130. The lowest BCUT2D eigenvalue weighted by atomic mass is 10.2. The lowest BCUT2D eigenvalue weighted by molar-refractivity contribution is 0.0770. The largest absolute Gasteiger partial charge is 0.479 e. The Morgan fingerprint density at radius 3 is 2.73 bits per heavy atom. The Bertz CT molecular complexity index is 1250. The summed E-state index contributed by atoms with van der Waals surface area (Å²) in [6.07, 6.45) is -0.397. The van der Waals surface area contributed by atoms with E-state index in [0.29, 0.717) is 11.6 Å². The molecule has 3 aromatic rings. The molecule has 0 bridgehead atoms. The molecule has 0 atom stereocenters. The number of rotatable bonds is 7. The standard InChI is InChI=1S/C17H14F3N5O4S/c1-9-3-4-25-14(7-22-15(25)10(9)6-21)30(26,27)24-12-5-11(18)16(23-17(12)28-2)29-8-13(19)20/h3-5,7,13,24H,8H2,1-2H3. The first-order chi connectivity index (χ1) is 14.2. The van der Waals surface area contributed by atoms with Gasteiger partial charge in [-0.05, 0) is 18.6 Å². The maximum atomic E-state index is 14.2. The van der Waals surface area contributed by atoms with E-state index >= 15 is 0 Å². The first kappa shape index (κ1) is 21.2. The molecule has 3 aromatic heterocycles. The number of ether oxygens (including phenoxy) is 2. The Kier molecular flexibility index (Phi) is 5.70. The Hall–Kier alpha value is -3.53. The number of halogens is 3. The lowest BCUT2D eigenvalue weighted by Crippen LogP contribution is -2.17. The summed E-state index contributed by atoms with van der Waals surface area (Å²) in [6, 6.07) is 4.20. The SMILES string of the molecule is COc1nc(OCC(F)F)c(F)cc1NS(=O)(=O)c1cnc2c(C#N)c(C)ccn12. The van der Waals surface area contributed by atoms with Crippen LogP contribution < -0.4 is 14.2 Å². The van der Waals surface area contributed by atoms with E-state index in [-0.39, 0.29) is 21.9 Å². The molecule has 0 saturated carbocycles. The number of methoxy groups -OCH3 is 1. The van der Waals surface area contributed by atoms with Gasteiger partial charge in [0, 0.05) is 12.3 Å². The van der Waals surface area contributed by atoms with Crippen LogP contribution in [-0.2, 0) is 10.0 Å². The normalized spacial score (nSPS) is 11.5. The molecule has 0 aliphatic carbocycles.